The van der Waals surface area contributed by atoms with Crippen molar-refractivity contribution in [2.24, 2.45) is 0 Å². The van der Waals surface area contributed by atoms with E-state index in [1.54, 1.807) is 0 Å². The van der Waals surface area contributed by atoms with Crippen LogP contribution < -0.4 is 0 Å². The summed E-state index contributed by atoms with van der Waals surface area (Å²) in [6.07, 6.45) is 5.91. The largest absolute Gasteiger partial charge is 0.320 e. The second kappa shape index (κ2) is 6.66. The summed E-state index contributed by atoms with van der Waals surface area (Å²) < 4.78 is 2.42. The van der Waals surface area contributed by atoms with E-state index in [4.69, 9.17) is 23.2 Å². The highest BCUT2D eigenvalue weighted by Gasteiger charge is 2.40. The molecule has 4 heteroatoms. The highest BCUT2D eigenvalue weighted by atomic mass is 35.5. The summed E-state index contributed by atoms with van der Waals surface area (Å²) >= 11 is 12.6. The van der Waals surface area contributed by atoms with Gasteiger partial charge in [-0.05, 0) is 74.7 Å². The third-order valence-corrected chi connectivity index (χ3v) is 7.13. The molecule has 2 atom stereocenters. The lowest BCUT2D eigenvalue weighted by atomic mass is 9.97. The number of likely N-dealkylation sites (N-methyl/N-ethyl adjacent to an activating group) is 1. The Morgan fingerprint density at radius 3 is 2.71 bits per heavy atom. The lowest BCUT2D eigenvalue weighted by molar-refractivity contribution is 0.223. The van der Waals surface area contributed by atoms with E-state index in [2.05, 4.69) is 54.8 Å². The average molecular weight is 411 g/mol. The van der Waals surface area contributed by atoms with E-state index >= 15 is 0 Å². The van der Waals surface area contributed by atoms with E-state index in [1.807, 2.05) is 18.2 Å². The smallest absolute Gasteiger partial charge is 0.0529 e. The van der Waals surface area contributed by atoms with Crippen LogP contribution in [0.2, 0.25) is 10.0 Å². The SMILES string of the molecule is C/C(=C\n1c2c(c3cc(C)ccc31)C1CCC(C2)N1C)c1ccc(Cl)cc1Cl. The van der Waals surface area contributed by atoms with Crippen LogP contribution in [0, 0.1) is 6.92 Å². The number of nitrogens with zero attached hydrogens (tertiary/aromatic N) is 2. The minimum absolute atomic E-state index is 0.534. The molecule has 2 nitrogen and oxygen atoms in total. The van der Waals surface area contributed by atoms with E-state index in [0.29, 0.717) is 22.1 Å². The Hall–Kier alpha value is -1.74. The Kier molecular flexibility index (Phi) is 4.35. The van der Waals surface area contributed by atoms with Gasteiger partial charge in [0.15, 0.2) is 0 Å². The molecule has 3 aromatic rings. The molecule has 28 heavy (non-hydrogen) atoms. The predicted molar refractivity (Wildman–Crippen MR) is 120 cm³/mol. The van der Waals surface area contributed by atoms with Crippen LogP contribution in [0.25, 0.3) is 22.7 Å². The van der Waals surface area contributed by atoms with Gasteiger partial charge in [0.05, 0.1) is 5.52 Å². The molecular weight excluding hydrogens is 387 g/mol. The number of fused-ring (bicyclic) bond motifs is 6. The molecule has 2 unspecified atom stereocenters. The minimum atomic E-state index is 0.534. The van der Waals surface area contributed by atoms with Crippen molar-refractivity contribution in [3.63, 3.8) is 0 Å². The van der Waals surface area contributed by atoms with Crippen LogP contribution in [0.5, 0.6) is 0 Å². The third kappa shape index (κ3) is 2.74. The zero-order valence-corrected chi connectivity index (χ0v) is 18.0. The number of hydrogen-bond donors (Lipinski definition) is 0. The summed E-state index contributed by atoms with van der Waals surface area (Å²) in [5, 5.41) is 2.76. The zero-order valence-electron chi connectivity index (χ0n) is 16.5. The highest BCUT2D eigenvalue weighted by Crippen LogP contribution is 2.47. The normalized spacial score (nSPS) is 22.1. The Labute approximate surface area is 176 Å². The van der Waals surface area contributed by atoms with Gasteiger partial charge in [0.2, 0.25) is 0 Å². The van der Waals surface area contributed by atoms with Gasteiger partial charge in [-0.2, -0.15) is 0 Å². The second-order valence-electron chi connectivity index (χ2n) is 8.30. The number of allylic oxidation sites excluding steroid dienone is 1. The Balaban J connectivity index is 1.73. The first-order chi connectivity index (χ1) is 13.4. The molecule has 2 aromatic carbocycles. The number of rotatable bonds is 2. The van der Waals surface area contributed by atoms with Crippen molar-refractivity contribution in [2.45, 2.75) is 45.2 Å². The monoisotopic (exact) mass is 410 g/mol. The number of aryl methyl sites for hydroxylation is 1. The van der Waals surface area contributed by atoms with Crippen LogP contribution in [0.4, 0.5) is 0 Å². The third-order valence-electron chi connectivity index (χ3n) is 6.59. The van der Waals surface area contributed by atoms with Gasteiger partial charge >= 0.3 is 0 Å². The molecule has 3 heterocycles. The van der Waals surface area contributed by atoms with Gasteiger partial charge in [0.25, 0.3) is 0 Å². The molecule has 0 saturated carbocycles. The maximum Gasteiger partial charge on any atom is 0.0529 e. The summed E-state index contributed by atoms with van der Waals surface area (Å²) in [7, 11) is 2.29. The van der Waals surface area contributed by atoms with E-state index in [1.165, 1.54) is 40.6 Å². The van der Waals surface area contributed by atoms with Gasteiger partial charge in [0, 0.05) is 45.8 Å². The summed E-state index contributed by atoms with van der Waals surface area (Å²) in [6.45, 7) is 4.31. The lowest BCUT2D eigenvalue weighted by Gasteiger charge is -2.32. The molecule has 0 radical (unpaired) electrons. The molecule has 1 aromatic heterocycles. The molecule has 0 spiro atoms. The molecule has 144 valence electrons. The van der Waals surface area contributed by atoms with Crippen molar-refractivity contribution in [3.8, 4) is 0 Å². The first kappa shape index (κ1) is 18.3. The molecule has 2 bridgehead atoms. The van der Waals surface area contributed by atoms with Gasteiger partial charge in [-0.15, -0.1) is 0 Å². The maximum atomic E-state index is 6.48. The van der Waals surface area contributed by atoms with E-state index in [0.717, 1.165) is 17.6 Å². The first-order valence-electron chi connectivity index (χ1n) is 9.93. The van der Waals surface area contributed by atoms with Crippen LogP contribution in [0.3, 0.4) is 0 Å². The molecular formula is C24H24Cl2N2. The van der Waals surface area contributed by atoms with E-state index in [-0.39, 0.29) is 0 Å². The molecule has 0 amide bonds. The van der Waals surface area contributed by atoms with Crippen LogP contribution >= 0.6 is 23.2 Å². The Morgan fingerprint density at radius 2 is 1.93 bits per heavy atom. The zero-order chi connectivity index (χ0) is 19.6. The summed E-state index contributed by atoms with van der Waals surface area (Å²) in [5.41, 5.74) is 7.78. The van der Waals surface area contributed by atoms with Crippen LogP contribution in [-0.4, -0.2) is 22.6 Å². The topological polar surface area (TPSA) is 8.17 Å². The van der Waals surface area contributed by atoms with Gasteiger partial charge in [-0.3, -0.25) is 4.90 Å². The van der Waals surface area contributed by atoms with Crippen LogP contribution in [-0.2, 0) is 6.42 Å². The first-order valence-corrected chi connectivity index (χ1v) is 10.7. The molecule has 1 saturated heterocycles. The van der Waals surface area contributed by atoms with Gasteiger partial charge in [-0.1, -0.05) is 40.9 Å². The molecule has 0 aliphatic carbocycles. The van der Waals surface area contributed by atoms with E-state index < -0.39 is 0 Å². The quantitative estimate of drug-likeness (QED) is 0.442. The minimum Gasteiger partial charge on any atom is -0.320 e. The number of hydrogen-bond acceptors (Lipinski definition) is 1. The maximum absolute atomic E-state index is 6.48. The number of halogens is 2. The standard InChI is InChI=1S/C24H24Cl2N2/c1-14-4-8-21-19(10-14)24-22-9-6-17(27(22)3)12-23(24)28(21)13-15(2)18-7-5-16(25)11-20(18)26/h4-5,7-8,10-11,13,17,22H,6,9,12H2,1-3H3/b15-13+. The highest BCUT2D eigenvalue weighted by molar-refractivity contribution is 6.35. The fraction of sp³-hybridized carbons (Fsp3) is 0.333. The van der Waals surface area contributed by atoms with Crippen molar-refractivity contribution in [1.82, 2.24) is 9.47 Å². The van der Waals surface area contributed by atoms with Gasteiger partial charge in [0.1, 0.15) is 0 Å². The van der Waals surface area contributed by atoms with Crippen molar-refractivity contribution in [1.29, 1.82) is 0 Å². The summed E-state index contributed by atoms with van der Waals surface area (Å²) in [6, 6.07) is 13.8. The average Bonchev–Trinajstić information content (AvgIpc) is 3.05. The lowest BCUT2D eigenvalue weighted by Crippen LogP contribution is -2.34. The summed E-state index contributed by atoms with van der Waals surface area (Å²) in [4.78, 5) is 2.58. The van der Waals surface area contributed by atoms with E-state index in [9.17, 15) is 0 Å². The molecule has 1 fully saturated rings. The molecule has 2 aliphatic rings. The van der Waals surface area contributed by atoms with Crippen molar-refractivity contribution in [3.05, 3.63) is 68.8 Å². The molecule has 2 aliphatic heterocycles. The summed E-state index contributed by atoms with van der Waals surface area (Å²) in [5.74, 6) is 0. The fourth-order valence-electron chi connectivity index (χ4n) is 5.14. The Morgan fingerprint density at radius 1 is 1.11 bits per heavy atom. The van der Waals surface area contributed by atoms with Gasteiger partial charge in [-0.25, -0.2) is 0 Å². The predicted octanol–water partition coefficient (Wildman–Crippen LogP) is 6.97. The fourth-order valence-corrected chi connectivity index (χ4v) is 5.69. The van der Waals surface area contributed by atoms with Crippen LogP contribution in [0.15, 0.2) is 36.4 Å². The number of benzene rings is 2. The second-order valence-corrected chi connectivity index (χ2v) is 9.15. The van der Waals surface area contributed by atoms with Crippen molar-refractivity contribution in [2.75, 3.05) is 7.05 Å². The molecule has 5 rings (SSSR count). The number of aromatic nitrogens is 1. The molecule has 0 N–H and O–H groups in total. The Bertz CT molecular complexity index is 1130. The van der Waals surface area contributed by atoms with Crippen molar-refractivity contribution < 1.29 is 0 Å². The van der Waals surface area contributed by atoms with Gasteiger partial charge < -0.3 is 4.57 Å². The van der Waals surface area contributed by atoms with Crippen LogP contribution in [0.1, 0.15) is 48.2 Å². The van der Waals surface area contributed by atoms with Crippen molar-refractivity contribution >= 4 is 45.9 Å².